The third-order valence-corrected chi connectivity index (χ3v) is 2.30. The van der Waals surface area contributed by atoms with E-state index in [1.165, 1.54) is 12.1 Å². The summed E-state index contributed by atoms with van der Waals surface area (Å²) >= 11 is 5.70. The van der Waals surface area contributed by atoms with E-state index in [0.717, 1.165) is 0 Å². The first kappa shape index (κ1) is 11.8. The molecule has 0 fully saturated rings. The van der Waals surface area contributed by atoms with E-state index in [0.29, 0.717) is 12.2 Å². The van der Waals surface area contributed by atoms with Crippen LogP contribution in [-0.4, -0.2) is 17.6 Å². The van der Waals surface area contributed by atoms with Crippen LogP contribution in [0.4, 0.5) is 10.1 Å². The van der Waals surface area contributed by atoms with Crippen LogP contribution in [0, 0.1) is 5.82 Å². The van der Waals surface area contributed by atoms with Crippen LogP contribution in [0.5, 0.6) is 0 Å². The van der Waals surface area contributed by atoms with Crippen molar-refractivity contribution >= 4 is 23.3 Å². The van der Waals surface area contributed by atoms with Gasteiger partial charge in [0.25, 0.3) is 0 Å². The monoisotopic (exact) mass is 231 g/mol. The fraction of sp³-hybridized carbons (Fsp3) is 0.300. The first-order valence-corrected chi connectivity index (χ1v) is 4.86. The Labute approximate surface area is 91.9 Å². The Hall–Kier alpha value is -1.29. The van der Waals surface area contributed by atoms with Gasteiger partial charge in [-0.05, 0) is 19.1 Å². The maximum Gasteiger partial charge on any atom is 0.307 e. The predicted molar refractivity (Wildman–Crippen MR) is 56.9 cm³/mol. The van der Waals surface area contributed by atoms with Gasteiger partial charge >= 0.3 is 5.97 Å². The molecular formula is C10H11ClFNO2. The van der Waals surface area contributed by atoms with E-state index in [1.54, 1.807) is 0 Å². The first-order valence-electron chi connectivity index (χ1n) is 4.48. The molecule has 0 aliphatic carbocycles. The molecule has 0 bridgehead atoms. The van der Waals surface area contributed by atoms with E-state index in [-0.39, 0.29) is 17.0 Å². The number of benzene rings is 1. The van der Waals surface area contributed by atoms with Gasteiger partial charge in [0.1, 0.15) is 5.82 Å². The van der Waals surface area contributed by atoms with Gasteiger partial charge in [0.15, 0.2) is 0 Å². The van der Waals surface area contributed by atoms with Crippen LogP contribution < -0.4 is 5.32 Å². The van der Waals surface area contributed by atoms with E-state index in [2.05, 4.69) is 5.32 Å². The molecule has 5 heteroatoms. The van der Waals surface area contributed by atoms with Gasteiger partial charge in [0.05, 0.1) is 11.4 Å². The van der Waals surface area contributed by atoms with E-state index in [9.17, 15) is 9.18 Å². The molecule has 82 valence electrons. The summed E-state index contributed by atoms with van der Waals surface area (Å²) in [5, 5.41) is 11.5. The zero-order chi connectivity index (χ0) is 11.4. The SMILES string of the molecule is CCNc1ccc(F)c(Cl)c1CC(=O)O. The molecule has 0 aliphatic rings. The summed E-state index contributed by atoms with van der Waals surface area (Å²) in [6.45, 7) is 2.48. The summed E-state index contributed by atoms with van der Waals surface area (Å²) in [7, 11) is 0. The largest absolute Gasteiger partial charge is 0.481 e. The molecule has 0 spiro atoms. The van der Waals surface area contributed by atoms with Gasteiger partial charge in [-0.2, -0.15) is 0 Å². The topological polar surface area (TPSA) is 49.3 Å². The highest BCUT2D eigenvalue weighted by molar-refractivity contribution is 6.32. The van der Waals surface area contributed by atoms with Crippen molar-refractivity contribution in [3.63, 3.8) is 0 Å². The standard InChI is InChI=1S/C10H11ClFNO2/c1-2-13-8-4-3-7(12)10(11)6(8)5-9(14)15/h3-4,13H,2,5H2,1H3,(H,14,15). The number of rotatable bonds is 4. The van der Waals surface area contributed by atoms with Crippen LogP contribution >= 0.6 is 11.6 Å². The average Bonchev–Trinajstić information content (AvgIpc) is 2.17. The third kappa shape index (κ3) is 2.83. The summed E-state index contributed by atoms with van der Waals surface area (Å²) in [5.41, 5.74) is 0.845. The Bertz CT molecular complexity index is 382. The minimum atomic E-state index is -1.04. The highest BCUT2D eigenvalue weighted by Crippen LogP contribution is 2.27. The average molecular weight is 232 g/mol. The van der Waals surface area contributed by atoms with Crippen molar-refractivity contribution in [2.45, 2.75) is 13.3 Å². The molecule has 0 aliphatic heterocycles. The molecule has 0 radical (unpaired) electrons. The van der Waals surface area contributed by atoms with Gasteiger partial charge in [0.2, 0.25) is 0 Å². The van der Waals surface area contributed by atoms with Crippen molar-refractivity contribution in [2.24, 2.45) is 0 Å². The van der Waals surface area contributed by atoms with Crippen LogP contribution in [0.3, 0.4) is 0 Å². The lowest BCUT2D eigenvalue weighted by molar-refractivity contribution is -0.136. The van der Waals surface area contributed by atoms with E-state index in [1.807, 2.05) is 6.92 Å². The van der Waals surface area contributed by atoms with Gasteiger partial charge in [0, 0.05) is 17.8 Å². The number of anilines is 1. The lowest BCUT2D eigenvalue weighted by Gasteiger charge is -2.11. The van der Waals surface area contributed by atoms with Crippen LogP contribution in [0.1, 0.15) is 12.5 Å². The molecule has 0 unspecified atom stereocenters. The van der Waals surface area contributed by atoms with Crippen molar-refractivity contribution in [3.05, 3.63) is 28.5 Å². The molecule has 0 aromatic heterocycles. The lowest BCUT2D eigenvalue weighted by atomic mass is 10.1. The zero-order valence-corrected chi connectivity index (χ0v) is 8.94. The van der Waals surface area contributed by atoms with E-state index >= 15 is 0 Å². The fourth-order valence-electron chi connectivity index (χ4n) is 1.27. The van der Waals surface area contributed by atoms with Gasteiger partial charge < -0.3 is 10.4 Å². The highest BCUT2D eigenvalue weighted by atomic mass is 35.5. The van der Waals surface area contributed by atoms with Crippen LogP contribution in [0.15, 0.2) is 12.1 Å². The minimum Gasteiger partial charge on any atom is -0.481 e. The smallest absolute Gasteiger partial charge is 0.307 e. The fourth-order valence-corrected chi connectivity index (χ4v) is 1.50. The van der Waals surface area contributed by atoms with Crippen molar-refractivity contribution in [1.82, 2.24) is 0 Å². The third-order valence-electron chi connectivity index (χ3n) is 1.89. The molecule has 3 nitrogen and oxygen atoms in total. The molecule has 0 heterocycles. The van der Waals surface area contributed by atoms with Gasteiger partial charge in [-0.3, -0.25) is 4.79 Å². The number of halogens is 2. The number of carboxylic acid groups (broad SMARTS) is 1. The second-order valence-corrected chi connectivity index (χ2v) is 3.37. The van der Waals surface area contributed by atoms with Gasteiger partial charge in [-0.15, -0.1) is 0 Å². The number of carbonyl (C=O) groups is 1. The van der Waals surface area contributed by atoms with Crippen molar-refractivity contribution in [3.8, 4) is 0 Å². The molecule has 0 saturated heterocycles. The summed E-state index contributed by atoms with van der Waals surface area (Å²) < 4.78 is 13.1. The number of hydrogen-bond donors (Lipinski definition) is 2. The number of aliphatic carboxylic acids is 1. The molecule has 1 aromatic rings. The molecular weight excluding hydrogens is 221 g/mol. The Morgan fingerprint density at radius 3 is 2.80 bits per heavy atom. The molecule has 0 atom stereocenters. The highest BCUT2D eigenvalue weighted by Gasteiger charge is 2.14. The quantitative estimate of drug-likeness (QED) is 0.837. The molecule has 0 saturated carbocycles. The maximum atomic E-state index is 13.1. The Morgan fingerprint density at radius 1 is 1.60 bits per heavy atom. The summed E-state index contributed by atoms with van der Waals surface area (Å²) in [5.74, 6) is -1.64. The second kappa shape index (κ2) is 4.98. The summed E-state index contributed by atoms with van der Waals surface area (Å²) in [6.07, 6.45) is -0.293. The maximum absolute atomic E-state index is 13.1. The summed E-state index contributed by atoms with van der Waals surface area (Å²) in [6, 6.07) is 2.70. The second-order valence-electron chi connectivity index (χ2n) is 2.99. The number of hydrogen-bond acceptors (Lipinski definition) is 2. The Morgan fingerprint density at radius 2 is 2.27 bits per heavy atom. The van der Waals surface area contributed by atoms with E-state index in [4.69, 9.17) is 16.7 Å². The number of carboxylic acids is 1. The van der Waals surface area contributed by atoms with Crippen LogP contribution in [0.2, 0.25) is 5.02 Å². The van der Waals surface area contributed by atoms with Gasteiger partial charge in [-0.1, -0.05) is 11.6 Å². The summed E-state index contributed by atoms with van der Waals surface area (Å²) in [4.78, 5) is 10.6. The molecule has 2 N–H and O–H groups in total. The first-order chi connectivity index (χ1) is 7.06. The Balaban J connectivity index is 3.15. The molecule has 15 heavy (non-hydrogen) atoms. The van der Waals surface area contributed by atoms with Crippen molar-refractivity contribution in [1.29, 1.82) is 0 Å². The van der Waals surface area contributed by atoms with Crippen LogP contribution in [-0.2, 0) is 11.2 Å². The molecule has 0 amide bonds. The zero-order valence-electron chi connectivity index (χ0n) is 8.18. The molecule has 1 aromatic carbocycles. The van der Waals surface area contributed by atoms with E-state index < -0.39 is 11.8 Å². The van der Waals surface area contributed by atoms with Crippen molar-refractivity contribution in [2.75, 3.05) is 11.9 Å². The van der Waals surface area contributed by atoms with Gasteiger partial charge in [-0.25, -0.2) is 4.39 Å². The Kier molecular flexibility index (Phi) is 3.91. The predicted octanol–water partition coefficient (Wildman–Crippen LogP) is 2.54. The lowest BCUT2D eigenvalue weighted by Crippen LogP contribution is -2.07. The van der Waals surface area contributed by atoms with Crippen molar-refractivity contribution < 1.29 is 14.3 Å². The number of nitrogens with one attached hydrogen (secondary N) is 1. The van der Waals surface area contributed by atoms with Crippen LogP contribution in [0.25, 0.3) is 0 Å². The minimum absolute atomic E-state index is 0.129. The molecule has 1 rings (SSSR count). The normalized spacial score (nSPS) is 10.1.